The van der Waals surface area contributed by atoms with E-state index in [1.807, 2.05) is 0 Å². The van der Waals surface area contributed by atoms with Gasteiger partial charge in [-0.25, -0.2) is 14.8 Å². The number of rotatable bonds is 6. The van der Waals surface area contributed by atoms with Crippen molar-refractivity contribution in [1.82, 2.24) is 19.5 Å². The molecule has 1 amide bonds. The Hall–Kier alpha value is -3.82. The Bertz CT molecular complexity index is 1200. The first-order chi connectivity index (χ1) is 15.5. The molecular weight excluding hydrogens is 412 g/mol. The van der Waals surface area contributed by atoms with Gasteiger partial charge < -0.3 is 15.0 Å². The first-order valence-electron chi connectivity index (χ1n) is 10.6. The second-order valence-corrected chi connectivity index (χ2v) is 7.48. The summed E-state index contributed by atoms with van der Waals surface area (Å²) in [6.45, 7) is 3.52. The van der Waals surface area contributed by atoms with Gasteiger partial charge in [-0.1, -0.05) is 6.07 Å². The van der Waals surface area contributed by atoms with Crippen LogP contribution in [-0.4, -0.2) is 51.1 Å². The highest BCUT2D eigenvalue weighted by molar-refractivity contribution is 5.94. The SMILES string of the molecule is CCOC(=O)c1cccc(NC(=O)Cn2cnc3nc(N4CCCCC4)ncc3c2=O)c1. The van der Waals surface area contributed by atoms with Crippen LogP contribution in [-0.2, 0) is 16.1 Å². The van der Waals surface area contributed by atoms with Crippen molar-refractivity contribution in [2.45, 2.75) is 32.7 Å². The number of nitrogens with zero attached hydrogens (tertiary/aromatic N) is 5. The molecule has 2 aromatic heterocycles. The topological polar surface area (TPSA) is 119 Å². The molecule has 1 aliphatic rings. The number of esters is 1. The monoisotopic (exact) mass is 436 g/mol. The van der Waals surface area contributed by atoms with Crippen LogP contribution >= 0.6 is 0 Å². The number of amides is 1. The van der Waals surface area contributed by atoms with E-state index in [0.717, 1.165) is 25.9 Å². The zero-order valence-electron chi connectivity index (χ0n) is 17.8. The first-order valence-corrected chi connectivity index (χ1v) is 10.6. The number of hydrogen-bond donors (Lipinski definition) is 1. The van der Waals surface area contributed by atoms with Crippen LogP contribution < -0.4 is 15.8 Å². The smallest absolute Gasteiger partial charge is 0.338 e. The van der Waals surface area contributed by atoms with Gasteiger partial charge in [0.2, 0.25) is 11.9 Å². The van der Waals surface area contributed by atoms with Crippen molar-refractivity contribution >= 4 is 34.5 Å². The zero-order valence-corrected chi connectivity index (χ0v) is 17.8. The van der Waals surface area contributed by atoms with Gasteiger partial charge in [0.1, 0.15) is 18.3 Å². The van der Waals surface area contributed by atoms with Gasteiger partial charge in [0.25, 0.3) is 5.56 Å². The van der Waals surface area contributed by atoms with E-state index in [1.165, 1.54) is 29.6 Å². The molecule has 0 atom stereocenters. The minimum absolute atomic E-state index is 0.237. The van der Waals surface area contributed by atoms with Gasteiger partial charge in [0.05, 0.1) is 12.2 Å². The second kappa shape index (κ2) is 9.54. The van der Waals surface area contributed by atoms with Crippen LogP contribution in [0.5, 0.6) is 0 Å². The van der Waals surface area contributed by atoms with Crippen LogP contribution in [0, 0.1) is 0 Å². The molecule has 3 aromatic rings. The molecule has 1 fully saturated rings. The quantitative estimate of drug-likeness (QED) is 0.583. The molecule has 1 aliphatic heterocycles. The molecule has 32 heavy (non-hydrogen) atoms. The summed E-state index contributed by atoms with van der Waals surface area (Å²) < 4.78 is 6.17. The number of carbonyl (C=O) groups is 2. The fraction of sp³-hybridized carbons (Fsp3) is 0.364. The van der Waals surface area contributed by atoms with Gasteiger partial charge in [0, 0.05) is 25.0 Å². The molecule has 0 aliphatic carbocycles. The van der Waals surface area contributed by atoms with Crippen LogP contribution in [0.4, 0.5) is 11.6 Å². The highest BCUT2D eigenvalue weighted by Crippen LogP contribution is 2.17. The zero-order chi connectivity index (χ0) is 22.5. The fourth-order valence-electron chi connectivity index (χ4n) is 3.60. The van der Waals surface area contributed by atoms with E-state index < -0.39 is 17.4 Å². The summed E-state index contributed by atoms with van der Waals surface area (Å²) in [5.74, 6) is -0.330. The maximum atomic E-state index is 12.8. The molecule has 10 heteroatoms. The Morgan fingerprint density at radius 2 is 1.97 bits per heavy atom. The number of piperidine rings is 1. The number of aromatic nitrogens is 4. The third-order valence-electron chi connectivity index (χ3n) is 5.18. The predicted octanol–water partition coefficient (Wildman–Crippen LogP) is 1.99. The van der Waals surface area contributed by atoms with Crippen molar-refractivity contribution in [3.8, 4) is 0 Å². The van der Waals surface area contributed by atoms with Crippen molar-refractivity contribution in [3.05, 3.63) is 52.7 Å². The van der Waals surface area contributed by atoms with E-state index in [2.05, 4.69) is 25.2 Å². The maximum absolute atomic E-state index is 12.8. The van der Waals surface area contributed by atoms with E-state index in [1.54, 1.807) is 25.1 Å². The molecule has 1 N–H and O–H groups in total. The predicted molar refractivity (Wildman–Crippen MR) is 119 cm³/mol. The van der Waals surface area contributed by atoms with Crippen molar-refractivity contribution in [2.24, 2.45) is 0 Å². The lowest BCUT2D eigenvalue weighted by Gasteiger charge is -2.26. The maximum Gasteiger partial charge on any atom is 0.338 e. The summed E-state index contributed by atoms with van der Waals surface area (Å²) in [4.78, 5) is 52.3. The molecule has 0 saturated carbocycles. The van der Waals surface area contributed by atoms with Gasteiger partial charge in [0.15, 0.2) is 5.65 Å². The van der Waals surface area contributed by atoms with Crippen LogP contribution in [0.1, 0.15) is 36.5 Å². The van der Waals surface area contributed by atoms with Crippen molar-refractivity contribution in [1.29, 1.82) is 0 Å². The standard InChI is InChI=1S/C22H24N6O4/c1-2-32-21(31)15-7-6-8-16(11-15)25-18(29)13-28-14-24-19-17(20(28)30)12-23-22(26-19)27-9-4-3-5-10-27/h6-8,11-12,14H,2-5,9-10,13H2,1H3,(H,25,29). The molecule has 4 rings (SSSR count). The third-order valence-corrected chi connectivity index (χ3v) is 5.18. The van der Waals surface area contributed by atoms with Gasteiger partial charge in [-0.15, -0.1) is 0 Å². The Balaban J connectivity index is 1.48. The number of hydrogen-bond acceptors (Lipinski definition) is 8. The van der Waals surface area contributed by atoms with Gasteiger partial charge in [-0.3, -0.25) is 14.2 Å². The first kappa shape index (κ1) is 21.4. The molecule has 0 radical (unpaired) electrons. The number of ether oxygens (including phenoxy) is 1. The Morgan fingerprint density at radius 1 is 1.16 bits per heavy atom. The number of anilines is 2. The normalized spacial score (nSPS) is 13.7. The summed E-state index contributed by atoms with van der Waals surface area (Å²) in [6, 6.07) is 6.41. The Morgan fingerprint density at radius 3 is 2.75 bits per heavy atom. The molecule has 3 heterocycles. The molecule has 0 unspecified atom stereocenters. The lowest BCUT2D eigenvalue weighted by Crippen LogP contribution is -2.31. The van der Waals surface area contributed by atoms with E-state index in [-0.39, 0.29) is 18.5 Å². The fourth-order valence-corrected chi connectivity index (χ4v) is 3.60. The summed E-state index contributed by atoms with van der Waals surface area (Å²) >= 11 is 0. The summed E-state index contributed by atoms with van der Waals surface area (Å²) in [5, 5.41) is 2.94. The highest BCUT2D eigenvalue weighted by Gasteiger charge is 2.16. The molecule has 1 saturated heterocycles. The summed E-state index contributed by atoms with van der Waals surface area (Å²) in [7, 11) is 0. The minimum atomic E-state index is -0.470. The number of benzene rings is 1. The molecule has 10 nitrogen and oxygen atoms in total. The van der Waals surface area contributed by atoms with Crippen molar-refractivity contribution < 1.29 is 14.3 Å². The third kappa shape index (κ3) is 4.74. The molecule has 1 aromatic carbocycles. The average molecular weight is 436 g/mol. The molecule has 0 bridgehead atoms. The lowest BCUT2D eigenvalue weighted by atomic mass is 10.1. The average Bonchev–Trinajstić information content (AvgIpc) is 2.81. The summed E-state index contributed by atoms with van der Waals surface area (Å²) in [6.07, 6.45) is 6.16. The minimum Gasteiger partial charge on any atom is -0.462 e. The van der Waals surface area contributed by atoms with E-state index in [0.29, 0.717) is 22.8 Å². The summed E-state index contributed by atoms with van der Waals surface area (Å²) in [5.41, 5.74) is 0.674. The van der Waals surface area contributed by atoms with Crippen LogP contribution in [0.2, 0.25) is 0 Å². The van der Waals surface area contributed by atoms with Crippen LogP contribution in [0.25, 0.3) is 11.0 Å². The van der Waals surface area contributed by atoms with Crippen LogP contribution in [0.3, 0.4) is 0 Å². The van der Waals surface area contributed by atoms with Crippen molar-refractivity contribution in [2.75, 3.05) is 29.9 Å². The number of fused-ring (bicyclic) bond motifs is 1. The Kier molecular flexibility index (Phi) is 6.39. The van der Waals surface area contributed by atoms with E-state index in [9.17, 15) is 14.4 Å². The molecular formula is C22H24N6O4. The van der Waals surface area contributed by atoms with Gasteiger partial charge in [-0.05, 0) is 44.4 Å². The van der Waals surface area contributed by atoms with Crippen LogP contribution in [0.15, 0.2) is 41.6 Å². The second-order valence-electron chi connectivity index (χ2n) is 7.48. The largest absolute Gasteiger partial charge is 0.462 e. The Labute approximate surface area is 184 Å². The van der Waals surface area contributed by atoms with Gasteiger partial charge >= 0.3 is 5.97 Å². The van der Waals surface area contributed by atoms with Crippen molar-refractivity contribution in [3.63, 3.8) is 0 Å². The van der Waals surface area contributed by atoms with E-state index in [4.69, 9.17) is 4.74 Å². The number of carbonyl (C=O) groups excluding carboxylic acids is 2. The van der Waals surface area contributed by atoms with E-state index >= 15 is 0 Å². The van der Waals surface area contributed by atoms with Gasteiger partial charge in [-0.2, -0.15) is 4.98 Å². The molecule has 0 spiro atoms. The molecule has 166 valence electrons. The lowest BCUT2D eigenvalue weighted by molar-refractivity contribution is -0.116. The number of nitrogens with one attached hydrogen (secondary N) is 1. The highest BCUT2D eigenvalue weighted by atomic mass is 16.5.